The number of rotatable bonds is 8. The summed E-state index contributed by atoms with van der Waals surface area (Å²) in [5.74, 6) is -0.190. The van der Waals surface area contributed by atoms with Crippen LogP contribution in [0, 0.1) is 5.92 Å². The second kappa shape index (κ2) is 9.47. The first-order chi connectivity index (χ1) is 13.5. The van der Waals surface area contributed by atoms with E-state index in [9.17, 15) is 4.79 Å². The van der Waals surface area contributed by atoms with Crippen molar-refractivity contribution in [3.8, 4) is 0 Å². The molecule has 3 aromatic rings. The minimum atomic E-state index is -0.430. The Balaban J connectivity index is 1.56. The van der Waals surface area contributed by atoms with E-state index in [4.69, 9.17) is 16.3 Å². The topological polar surface area (TPSA) is 43.3 Å². The van der Waals surface area contributed by atoms with Gasteiger partial charge >= 0.3 is 5.97 Å². The molecule has 0 saturated heterocycles. The SMILES string of the molecule is CC(C)C(Nc1ccc(Cl)cc1)C(=O)OCn1ccc(Cc2ccccc2)c1. The van der Waals surface area contributed by atoms with Crippen LogP contribution in [0.1, 0.15) is 25.0 Å². The number of benzene rings is 2. The third kappa shape index (κ3) is 5.64. The summed E-state index contributed by atoms with van der Waals surface area (Å²) in [6, 6.07) is 19.2. The number of hydrogen-bond acceptors (Lipinski definition) is 3. The van der Waals surface area contributed by atoms with Crippen molar-refractivity contribution >= 4 is 23.3 Å². The van der Waals surface area contributed by atoms with E-state index in [1.165, 1.54) is 11.1 Å². The molecule has 0 radical (unpaired) electrons. The normalized spacial score (nSPS) is 12.0. The summed E-state index contributed by atoms with van der Waals surface area (Å²) in [7, 11) is 0. The Morgan fingerprint density at radius 3 is 2.43 bits per heavy atom. The molecule has 4 nitrogen and oxygen atoms in total. The van der Waals surface area contributed by atoms with E-state index in [1.54, 1.807) is 12.1 Å². The van der Waals surface area contributed by atoms with Crippen LogP contribution in [0.2, 0.25) is 5.02 Å². The summed E-state index contributed by atoms with van der Waals surface area (Å²) in [6.07, 6.45) is 4.80. The van der Waals surface area contributed by atoms with Gasteiger partial charge in [0.1, 0.15) is 6.04 Å². The molecule has 1 heterocycles. The summed E-state index contributed by atoms with van der Waals surface area (Å²) < 4.78 is 7.43. The molecule has 0 spiro atoms. The van der Waals surface area contributed by atoms with Crippen molar-refractivity contribution in [2.75, 3.05) is 5.32 Å². The summed E-state index contributed by atoms with van der Waals surface area (Å²) in [5, 5.41) is 3.90. The lowest BCUT2D eigenvalue weighted by molar-refractivity contribution is -0.149. The average molecular weight is 397 g/mol. The van der Waals surface area contributed by atoms with Gasteiger partial charge in [-0.15, -0.1) is 0 Å². The van der Waals surface area contributed by atoms with Gasteiger partial charge in [0.15, 0.2) is 6.73 Å². The van der Waals surface area contributed by atoms with Gasteiger partial charge in [-0.05, 0) is 53.8 Å². The van der Waals surface area contributed by atoms with Crippen LogP contribution in [-0.2, 0) is 22.7 Å². The van der Waals surface area contributed by atoms with E-state index >= 15 is 0 Å². The Bertz CT molecular complexity index is 888. The van der Waals surface area contributed by atoms with Crippen LogP contribution in [0.15, 0.2) is 73.1 Å². The van der Waals surface area contributed by atoms with Crippen molar-refractivity contribution < 1.29 is 9.53 Å². The number of nitrogens with zero attached hydrogens (tertiary/aromatic N) is 1. The van der Waals surface area contributed by atoms with Crippen LogP contribution >= 0.6 is 11.6 Å². The number of aromatic nitrogens is 1. The predicted octanol–water partition coefficient (Wildman–Crippen LogP) is 5.37. The van der Waals surface area contributed by atoms with Gasteiger partial charge in [-0.1, -0.05) is 55.8 Å². The van der Waals surface area contributed by atoms with Gasteiger partial charge in [0.2, 0.25) is 0 Å². The summed E-state index contributed by atoms with van der Waals surface area (Å²) in [4.78, 5) is 12.6. The van der Waals surface area contributed by atoms with Gasteiger partial charge in [-0.2, -0.15) is 0 Å². The molecule has 3 rings (SSSR count). The van der Waals surface area contributed by atoms with Crippen LogP contribution in [0.3, 0.4) is 0 Å². The number of carbonyl (C=O) groups is 1. The van der Waals surface area contributed by atoms with Gasteiger partial charge in [0.05, 0.1) is 0 Å². The smallest absolute Gasteiger partial charge is 0.330 e. The maximum absolute atomic E-state index is 12.6. The lowest BCUT2D eigenvalue weighted by Crippen LogP contribution is -2.36. The molecule has 0 aliphatic carbocycles. The fourth-order valence-electron chi connectivity index (χ4n) is 2.96. The number of nitrogens with one attached hydrogen (secondary N) is 1. The summed E-state index contributed by atoms with van der Waals surface area (Å²) >= 11 is 5.92. The Labute approximate surface area is 171 Å². The van der Waals surface area contributed by atoms with Crippen molar-refractivity contribution in [2.24, 2.45) is 5.92 Å². The monoisotopic (exact) mass is 396 g/mol. The Hall–Kier alpha value is -2.72. The molecule has 0 saturated carbocycles. The van der Waals surface area contributed by atoms with Crippen LogP contribution in [-0.4, -0.2) is 16.6 Å². The standard InChI is InChI=1S/C23H25ClN2O2/c1-17(2)22(25-21-10-8-20(24)9-11-21)23(27)28-16-26-13-12-19(15-26)14-18-6-4-3-5-7-18/h3-13,15,17,22,25H,14,16H2,1-2H3. The number of anilines is 1. The van der Waals surface area contributed by atoms with Crippen LogP contribution in [0.5, 0.6) is 0 Å². The highest BCUT2D eigenvalue weighted by Gasteiger charge is 2.23. The first-order valence-corrected chi connectivity index (χ1v) is 9.76. The Kier molecular flexibility index (Phi) is 6.77. The molecule has 0 aliphatic rings. The number of hydrogen-bond donors (Lipinski definition) is 1. The van der Waals surface area contributed by atoms with Crippen LogP contribution in [0.4, 0.5) is 5.69 Å². The number of ether oxygens (including phenoxy) is 1. The Morgan fingerprint density at radius 2 is 1.75 bits per heavy atom. The lowest BCUT2D eigenvalue weighted by Gasteiger charge is -2.22. The fourth-order valence-corrected chi connectivity index (χ4v) is 3.08. The molecule has 1 unspecified atom stereocenters. The molecule has 5 heteroatoms. The van der Waals surface area contributed by atoms with E-state index < -0.39 is 6.04 Å². The zero-order chi connectivity index (χ0) is 19.9. The molecule has 0 aliphatic heterocycles. The van der Waals surface area contributed by atoms with E-state index in [1.807, 2.05) is 67.2 Å². The molecule has 2 aromatic carbocycles. The molecule has 0 amide bonds. The van der Waals surface area contributed by atoms with Crippen molar-refractivity contribution in [3.63, 3.8) is 0 Å². The molecular weight excluding hydrogens is 372 g/mol. The first kappa shape index (κ1) is 20.0. The number of carbonyl (C=O) groups excluding carboxylic acids is 1. The van der Waals surface area contributed by atoms with Crippen molar-refractivity contribution in [2.45, 2.75) is 33.0 Å². The minimum absolute atomic E-state index is 0.0847. The summed E-state index contributed by atoms with van der Waals surface area (Å²) in [6.45, 7) is 4.17. The van der Waals surface area contributed by atoms with E-state index in [-0.39, 0.29) is 18.6 Å². The molecule has 1 aromatic heterocycles. The molecule has 1 atom stereocenters. The van der Waals surface area contributed by atoms with Gasteiger partial charge in [0, 0.05) is 23.1 Å². The zero-order valence-electron chi connectivity index (χ0n) is 16.1. The minimum Gasteiger partial charge on any atom is -0.442 e. The van der Waals surface area contributed by atoms with E-state index in [0.29, 0.717) is 5.02 Å². The van der Waals surface area contributed by atoms with E-state index in [2.05, 4.69) is 17.4 Å². The van der Waals surface area contributed by atoms with Gasteiger partial charge in [0.25, 0.3) is 0 Å². The zero-order valence-corrected chi connectivity index (χ0v) is 16.9. The molecule has 146 valence electrons. The molecule has 0 fully saturated rings. The third-order valence-electron chi connectivity index (χ3n) is 4.51. The van der Waals surface area contributed by atoms with Crippen LogP contribution in [0.25, 0.3) is 0 Å². The maximum Gasteiger partial charge on any atom is 0.330 e. The highest BCUT2D eigenvalue weighted by atomic mass is 35.5. The predicted molar refractivity (Wildman–Crippen MR) is 113 cm³/mol. The van der Waals surface area contributed by atoms with E-state index in [0.717, 1.165) is 12.1 Å². The Morgan fingerprint density at radius 1 is 1.04 bits per heavy atom. The summed E-state index contributed by atoms with van der Waals surface area (Å²) in [5.41, 5.74) is 3.28. The average Bonchev–Trinajstić information content (AvgIpc) is 3.13. The molecule has 28 heavy (non-hydrogen) atoms. The fraction of sp³-hybridized carbons (Fsp3) is 0.261. The van der Waals surface area contributed by atoms with Gasteiger partial charge in [-0.25, -0.2) is 4.79 Å². The molecule has 0 bridgehead atoms. The van der Waals surface area contributed by atoms with Crippen molar-refractivity contribution in [1.29, 1.82) is 0 Å². The molecule has 1 N–H and O–H groups in total. The lowest BCUT2D eigenvalue weighted by atomic mass is 10.0. The highest BCUT2D eigenvalue weighted by molar-refractivity contribution is 6.30. The quantitative estimate of drug-likeness (QED) is 0.520. The van der Waals surface area contributed by atoms with Crippen LogP contribution < -0.4 is 5.32 Å². The van der Waals surface area contributed by atoms with Crippen molar-refractivity contribution in [1.82, 2.24) is 4.57 Å². The van der Waals surface area contributed by atoms with Gasteiger partial charge < -0.3 is 14.6 Å². The first-order valence-electron chi connectivity index (χ1n) is 9.38. The third-order valence-corrected chi connectivity index (χ3v) is 4.76. The largest absolute Gasteiger partial charge is 0.442 e. The number of halogens is 1. The highest BCUT2D eigenvalue weighted by Crippen LogP contribution is 2.17. The molecular formula is C23H25ClN2O2. The maximum atomic E-state index is 12.6. The van der Waals surface area contributed by atoms with Crippen molar-refractivity contribution in [3.05, 3.63) is 89.2 Å². The number of esters is 1. The second-order valence-electron chi connectivity index (χ2n) is 7.16. The second-order valence-corrected chi connectivity index (χ2v) is 7.60. The van der Waals surface area contributed by atoms with Gasteiger partial charge in [-0.3, -0.25) is 0 Å².